The molecule has 0 bridgehead atoms. The normalized spacial score (nSPS) is 11.9. The van der Waals surface area contributed by atoms with Gasteiger partial charge in [-0.05, 0) is 23.6 Å². The number of carboxylic acids is 1. The molecule has 5 nitrogen and oxygen atoms in total. The molecule has 6 heteroatoms. The number of non-ortho nitro benzene ring substituents is 1. The first kappa shape index (κ1) is 14.6. The first-order valence-electron chi connectivity index (χ1n) is 6.19. The molecule has 0 radical (unpaired) electrons. The molecule has 0 saturated heterocycles. The van der Waals surface area contributed by atoms with Gasteiger partial charge in [0.25, 0.3) is 5.69 Å². The first-order valence-corrected chi connectivity index (χ1v) is 6.19. The molecule has 0 saturated carbocycles. The predicted molar refractivity (Wildman–Crippen MR) is 73.6 cm³/mol. The zero-order valence-corrected chi connectivity index (χ0v) is 10.9. The third kappa shape index (κ3) is 3.62. The standard InChI is InChI=1S/C15H12FNO4/c16-12-6-10(7-13(9-12)17(20)21)8-14(15(18)19)11-4-2-1-3-5-11/h1-7,9,14H,8H2,(H,18,19). The minimum Gasteiger partial charge on any atom is -0.481 e. The lowest BCUT2D eigenvalue weighted by atomic mass is 9.92. The van der Waals surface area contributed by atoms with Crippen LogP contribution >= 0.6 is 0 Å². The minimum absolute atomic E-state index is 0.0159. The summed E-state index contributed by atoms with van der Waals surface area (Å²) in [6.45, 7) is 0. The highest BCUT2D eigenvalue weighted by atomic mass is 19.1. The van der Waals surface area contributed by atoms with Gasteiger partial charge in [-0.1, -0.05) is 30.3 Å². The summed E-state index contributed by atoms with van der Waals surface area (Å²) >= 11 is 0. The van der Waals surface area contributed by atoms with Crippen molar-refractivity contribution in [1.82, 2.24) is 0 Å². The summed E-state index contributed by atoms with van der Waals surface area (Å²) in [5.74, 6) is -2.70. The molecule has 108 valence electrons. The number of hydrogen-bond acceptors (Lipinski definition) is 3. The lowest BCUT2D eigenvalue weighted by Gasteiger charge is -2.12. The van der Waals surface area contributed by atoms with E-state index in [4.69, 9.17) is 0 Å². The molecule has 0 fully saturated rings. The smallest absolute Gasteiger partial charge is 0.311 e. The molecule has 0 spiro atoms. The molecular weight excluding hydrogens is 277 g/mol. The Morgan fingerprint density at radius 3 is 2.48 bits per heavy atom. The van der Waals surface area contributed by atoms with Crippen LogP contribution in [0, 0.1) is 15.9 Å². The van der Waals surface area contributed by atoms with E-state index in [9.17, 15) is 24.4 Å². The highest BCUT2D eigenvalue weighted by Crippen LogP contribution is 2.24. The van der Waals surface area contributed by atoms with Crippen LogP contribution in [0.15, 0.2) is 48.5 Å². The minimum atomic E-state index is -1.06. The number of rotatable bonds is 5. The van der Waals surface area contributed by atoms with Gasteiger partial charge in [-0.15, -0.1) is 0 Å². The van der Waals surface area contributed by atoms with Crippen molar-refractivity contribution in [3.05, 3.63) is 75.6 Å². The van der Waals surface area contributed by atoms with Gasteiger partial charge in [-0.2, -0.15) is 0 Å². The third-order valence-electron chi connectivity index (χ3n) is 3.09. The number of carboxylic acid groups (broad SMARTS) is 1. The summed E-state index contributed by atoms with van der Waals surface area (Å²) in [4.78, 5) is 21.4. The average Bonchev–Trinajstić information content (AvgIpc) is 2.44. The Hall–Kier alpha value is -2.76. The number of aliphatic carboxylic acids is 1. The second-order valence-electron chi connectivity index (χ2n) is 4.58. The number of nitro benzene ring substituents is 1. The molecule has 0 heterocycles. The summed E-state index contributed by atoms with van der Waals surface area (Å²) in [5, 5.41) is 20.0. The van der Waals surface area contributed by atoms with Crippen molar-refractivity contribution in [2.24, 2.45) is 0 Å². The van der Waals surface area contributed by atoms with Crippen LogP contribution in [-0.4, -0.2) is 16.0 Å². The van der Waals surface area contributed by atoms with E-state index in [0.29, 0.717) is 5.56 Å². The van der Waals surface area contributed by atoms with Gasteiger partial charge >= 0.3 is 5.97 Å². The Kier molecular flexibility index (Phi) is 4.27. The van der Waals surface area contributed by atoms with E-state index in [1.54, 1.807) is 30.3 Å². The summed E-state index contributed by atoms with van der Waals surface area (Å²) in [6, 6.07) is 11.6. The molecule has 2 aromatic carbocycles. The van der Waals surface area contributed by atoms with Crippen molar-refractivity contribution in [2.75, 3.05) is 0 Å². The van der Waals surface area contributed by atoms with E-state index in [1.807, 2.05) is 0 Å². The Bertz CT molecular complexity index is 673. The lowest BCUT2D eigenvalue weighted by Crippen LogP contribution is -2.14. The van der Waals surface area contributed by atoms with Crippen molar-refractivity contribution in [3.8, 4) is 0 Å². The zero-order valence-electron chi connectivity index (χ0n) is 10.9. The molecule has 0 aromatic heterocycles. The molecule has 0 amide bonds. The summed E-state index contributed by atoms with van der Waals surface area (Å²) in [5.41, 5.74) is 0.456. The fourth-order valence-electron chi connectivity index (χ4n) is 2.13. The van der Waals surface area contributed by atoms with Crippen LogP contribution in [0.3, 0.4) is 0 Å². The topological polar surface area (TPSA) is 80.4 Å². The fraction of sp³-hybridized carbons (Fsp3) is 0.133. The highest BCUT2D eigenvalue weighted by Gasteiger charge is 2.21. The van der Waals surface area contributed by atoms with E-state index in [-0.39, 0.29) is 17.7 Å². The SMILES string of the molecule is O=C(O)C(Cc1cc(F)cc([N+](=O)[O-])c1)c1ccccc1. The molecular formula is C15H12FNO4. The number of carbonyl (C=O) groups is 1. The molecule has 0 aliphatic rings. The lowest BCUT2D eigenvalue weighted by molar-refractivity contribution is -0.385. The number of halogens is 1. The van der Waals surface area contributed by atoms with E-state index in [1.165, 1.54) is 6.07 Å². The maximum atomic E-state index is 13.4. The Morgan fingerprint density at radius 2 is 1.90 bits per heavy atom. The second-order valence-corrected chi connectivity index (χ2v) is 4.58. The number of hydrogen-bond donors (Lipinski definition) is 1. The number of benzene rings is 2. The molecule has 1 N–H and O–H groups in total. The highest BCUT2D eigenvalue weighted by molar-refractivity contribution is 5.76. The predicted octanol–water partition coefficient (Wildman–Crippen LogP) is 3.14. The van der Waals surface area contributed by atoms with Gasteiger partial charge in [-0.3, -0.25) is 14.9 Å². The van der Waals surface area contributed by atoms with Crippen molar-refractivity contribution >= 4 is 11.7 Å². The molecule has 1 unspecified atom stereocenters. The van der Waals surface area contributed by atoms with Crippen LogP contribution in [0.4, 0.5) is 10.1 Å². The molecule has 21 heavy (non-hydrogen) atoms. The van der Waals surface area contributed by atoms with Crippen molar-refractivity contribution in [1.29, 1.82) is 0 Å². The van der Waals surface area contributed by atoms with Gasteiger partial charge in [-0.25, -0.2) is 4.39 Å². The van der Waals surface area contributed by atoms with Crippen molar-refractivity contribution in [3.63, 3.8) is 0 Å². The zero-order chi connectivity index (χ0) is 15.4. The van der Waals surface area contributed by atoms with Gasteiger partial charge in [0.15, 0.2) is 0 Å². The number of nitro groups is 1. The maximum absolute atomic E-state index is 13.4. The van der Waals surface area contributed by atoms with Crippen LogP contribution < -0.4 is 0 Å². The largest absolute Gasteiger partial charge is 0.481 e. The summed E-state index contributed by atoms with van der Waals surface area (Å²) in [7, 11) is 0. The summed E-state index contributed by atoms with van der Waals surface area (Å²) in [6.07, 6.45) is -0.0159. The molecule has 2 aromatic rings. The Labute approximate surface area is 119 Å². The number of nitrogens with zero attached hydrogens (tertiary/aromatic N) is 1. The fourth-order valence-corrected chi connectivity index (χ4v) is 2.13. The van der Waals surface area contributed by atoms with Gasteiger partial charge in [0, 0.05) is 6.07 Å². The van der Waals surface area contributed by atoms with Crippen LogP contribution in [0.2, 0.25) is 0 Å². The summed E-state index contributed by atoms with van der Waals surface area (Å²) < 4.78 is 13.4. The van der Waals surface area contributed by atoms with Crippen LogP contribution in [-0.2, 0) is 11.2 Å². The Balaban J connectivity index is 2.34. The van der Waals surface area contributed by atoms with Gasteiger partial charge in [0.1, 0.15) is 5.82 Å². The second kappa shape index (κ2) is 6.13. The van der Waals surface area contributed by atoms with Crippen molar-refractivity contribution in [2.45, 2.75) is 12.3 Å². The van der Waals surface area contributed by atoms with E-state index in [2.05, 4.69) is 0 Å². The maximum Gasteiger partial charge on any atom is 0.311 e. The monoisotopic (exact) mass is 289 g/mol. The quantitative estimate of drug-likeness (QED) is 0.677. The van der Waals surface area contributed by atoms with Gasteiger partial charge < -0.3 is 5.11 Å². The van der Waals surface area contributed by atoms with Crippen molar-refractivity contribution < 1.29 is 19.2 Å². The van der Waals surface area contributed by atoms with Gasteiger partial charge in [0.05, 0.1) is 16.9 Å². The first-order chi connectivity index (χ1) is 9.97. The molecule has 0 aliphatic heterocycles. The van der Waals surface area contributed by atoms with Gasteiger partial charge in [0.2, 0.25) is 0 Å². The third-order valence-corrected chi connectivity index (χ3v) is 3.09. The molecule has 0 aliphatic carbocycles. The van der Waals surface area contributed by atoms with E-state index < -0.39 is 22.6 Å². The Morgan fingerprint density at radius 1 is 1.24 bits per heavy atom. The van der Waals surface area contributed by atoms with Crippen LogP contribution in [0.5, 0.6) is 0 Å². The molecule has 2 rings (SSSR count). The average molecular weight is 289 g/mol. The van der Waals surface area contributed by atoms with E-state index >= 15 is 0 Å². The van der Waals surface area contributed by atoms with Crippen LogP contribution in [0.1, 0.15) is 17.0 Å². The molecule has 1 atom stereocenters. The van der Waals surface area contributed by atoms with E-state index in [0.717, 1.165) is 12.1 Å². The van der Waals surface area contributed by atoms with Crippen LogP contribution in [0.25, 0.3) is 0 Å².